The molecular weight excluding hydrogens is 156 g/mol. The van der Waals surface area contributed by atoms with Gasteiger partial charge in [0.05, 0.1) is 24.9 Å². The number of hydrogen-bond donors (Lipinski definition) is 3. The Balaban J connectivity index is 2.77. The minimum Gasteiger partial charge on any atom is -0.394 e. The fraction of sp³-hybridized carbons (Fsp3) is 0.375. The van der Waals surface area contributed by atoms with Crippen molar-refractivity contribution < 1.29 is 10.2 Å². The quantitative estimate of drug-likeness (QED) is 0.572. The van der Waals surface area contributed by atoms with Gasteiger partial charge in [-0.25, -0.2) is 0 Å². The molecule has 66 valence electrons. The van der Waals surface area contributed by atoms with E-state index in [1.54, 1.807) is 18.3 Å². The average Bonchev–Trinajstić information content (AvgIpc) is 2.17. The van der Waals surface area contributed by atoms with Crippen molar-refractivity contribution in [3.05, 3.63) is 29.6 Å². The van der Waals surface area contributed by atoms with Gasteiger partial charge in [0.1, 0.15) is 0 Å². The van der Waals surface area contributed by atoms with Gasteiger partial charge < -0.3 is 15.9 Å². The molecule has 0 saturated carbocycles. The Labute approximate surface area is 70.7 Å². The zero-order valence-electron chi connectivity index (χ0n) is 6.64. The average molecular weight is 168 g/mol. The summed E-state index contributed by atoms with van der Waals surface area (Å²) in [5, 5.41) is 17.4. The highest BCUT2D eigenvalue weighted by molar-refractivity contribution is 5.16. The van der Waals surface area contributed by atoms with Gasteiger partial charge in [0, 0.05) is 6.20 Å². The predicted molar refractivity (Wildman–Crippen MR) is 44.2 cm³/mol. The summed E-state index contributed by atoms with van der Waals surface area (Å²) in [6.07, 6.45) is 1.56. The van der Waals surface area contributed by atoms with Crippen LogP contribution in [0, 0.1) is 0 Å². The molecule has 0 aromatic carbocycles. The van der Waals surface area contributed by atoms with Crippen LogP contribution in [0.3, 0.4) is 0 Å². The Morgan fingerprint density at radius 2 is 2.17 bits per heavy atom. The van der Waals surface area contributed by atoms with Gasteiger partial charge in [0.2, 0.25) is 0 Å². The normalized spacial score (nSPS) is 12.9. The Bertz CT molecular complexity index is 235. The monoisotopic (exact) mass is 168 g/mol. The van der Waals surface area contributed by atoms with E-state index in [1.165, 1.54) is 0 Å². The van der Waals surface area contributed by atoms with Crippen LogP contribution in [0.4, 0.5) is 0 Å². The molecule has 0 fully saturated rings. The molecule has 4 nitrogen and oxygen atoms in total. The fourth-order valence-electron chi connectivity index (χ4n) is 0.854. The van der Waals surface area contributed by atoms with E-state index in [2.05, 4.69) is 4.98 Å². The number of hydrogen-bond acceptors (Lipinski definition) is 4. The van der Waals surface area contributed by atoms with Crippen molar-refractivity contribution in [3.8, 4) is 0 Å². The van der Waals surface area contributed by atoms with Gasteiger partial charge in [0.15, 0.2) is 0 Å². The largest absolute Gasteiger partial charge is 0.394 e. The topological polar surface area (TPSA) is 79.4 Å². The van der Waals surface area contributed by atoms with E-state index < -0.39 is 0 Å². The molecule has 0 aliphatic heterocycles. The Kier molecular flexibility index (Phi) is 3.16. The lowest BCUT2D eigenvalue weighted by Gasteiger charge is -2.07. The number of aromatic nitrogens is 1. The first-order valence-electron chi connectivity index (χ1n) is 3.70. The molecule has 1 heterocycles. The fourth-order valence-corrected chi connectivity index (χ4v) is 0.854. The highest BCUT2D eigenvalue weighted by atomic mass is 16.3. The summed E-state index contributed by atoms with van der Waals surface area (Å²) < 4.78 is 0. The second kappa shape index (κ2) is 4.15. The van der Waals surface area contributed by atoms with Crippen LogP contribution < -0.4 is 5.73 Å². The molecule has 0 radical (unpaired) electrons. The minimum absolute atomic E-state index is 0.0748. The number of pyridine rings is 1. The molecule has 1 aromatic rings. The molecule has 4 heteroatoms. The molecule has 1 atom stereocenters. The summed E-state index contributed by atoms with van der Waals surface area (Å²) >= 11 is 0. The first-order valence-corrected chi connectivity index (χ1v) is 3.70. The third kappa shape index (κ3) is 2.01. The van der Waals surface area contributed by atoms with Crippen molar-refractivity contribution in [2.75, 3.05) is 6.61 Å². The van der Waals surface area contributed by atoms with Crippen molar-refractivity contribution in [2.24, 2.45) is 5.73 Å². The van der Waals surface area contributed by atoms with Crippen LogP contribution in [0.15, 0.2) is 18.3 Å². The molecule has 1 rings (SSSR count). The van der Waals surface area contributed by atoms with Crippen molar-refractivity contribution in [3.63, 3.8) is 0 Å². The molecule has 4 N–H and O–H groups in total. The summed E-state index contributed by atoms with van der Waals surface area (Å²) in [7, 11) is 0. The van der Waals surface area contributed by atoms with Crippen LogP contribution in [0.1, 0.15) is 17.3 Å². The van der Waals surface area contributed by atoms with Crippen molar-refractivity contribution in [1.29, 1.82) is 0 Å². The maximum Gasteiger partial charge on any atom is 0.0852 e. The second-order valence-electron chi connectivity index (χ2n) is 2.53. The van der Waals surface area contributed by atoms with Gasteiger partial charge in [-0.1, -0.05) is 6.07 Å². The number of nitrogens with zero attached hydrogens (tertiary/aromatic N) is 1. The standard InChI is InChI=1S/C8H12N2O2/c9-8(5-12)6-1-2-7(4-11)10-3-6/h1-3,8,11-12H,4-5,9H2. The minimum atomic E-state index is -0.384. The molecule has 0 amide bonds. The van der Waals surface area contributed by atoms with Gasteiger partial charge >= 0.3 is 0 Å². The Hall–Kier alpha value is -0.970. The second-order valence-corrected chi connectivity index (χ2v) is 2.53. The van der Waals surface area contributed by atoms with Crippen LogP contribution in [0.2, 0.25) is 0 Å². The summed E-state index contributed by atoms with van der Waals surface area (Å²) in [5.74, 6) is 0. The molecule has 0 spiro atoms. The number of nitrogens with two attached hydrogens (primary N) is 1. The summed E-state index contributed by atoms with van der Waals surface area (Å²) in [5.41, 5.74) is 6.91. The van der Waals surface area contributed by atoms with Gasteiger partial charge in [-0.15, -0.1) is 0 Å². The van der Waals surface area contributed by atoms with E-state index in [0.29, 0.717) is 5.69 Å². The SMILES string of the molecule is NC(CO)c1ccc(CO)nc1. The van der Waals surface area contributed by atoms with Crippen LogP contribution >= 0.6 is 0 Å². The summed E-state index contributed by atoms with van der Waals surface area (Å²) in [6, 6.07) is 3.05. The van der Waals surface area contributed by atoms with Crippen LogP contribution in [-0.2, 0) is 6.61 Å². The van der Waals surface area contributed by atoms with E-state index in [9.17, 15) is 0 Å². The predicted octanol–water partition coefficient (Wildman–Crippen LogP) is -0.434. The van der Waals surface area contributed by atoms with E-state index in [-0.39, 0.29) is 19.3 Å². The highest BCUT2D eigenvalue weighted by Crippen LogP contribution is 2.08. The summed E-state index contributed by atoms with van der Waals surface area (Å²) in [6.45, 7) is -0.172. The van der Waals surface area contributed by atoms with Gasteiger partial charge in [0.25, 0.3) is 0 Å². The molecule has 0 saturated heterocycles. The molecule has 0 aliphatic rings. The van der Waals surface area contributed by atoms with E-state index in [0.717, 1.165) is 5.56 Å². The summed E-state index contributed by atoms with van der Waals surface area (Å²) in [4.78, 5) is 3.93. The Morgan fingerprint density at radius 3 is 2.58 bits per heavy atom. The zero-order valence-corrected chi connectivity index (χ0v) is 6.64. The van der Waals surface area contributed by atoms with Crippen LogP contribution in [-0.4, -0.2) is 21.8 Å². The van der Waals surface area contributed by atoms with E-state index in [4.69, 9.17) is 15.9 Å². The molecule has 0 aliphatic carbocycles. The number of rotatable bonds is 3. The molecular formula is C8H12N2O2. The zero-order chi connectivity index (χ0) is 8.97. The van der Waals surface area contributed by atoms with Crippen molar-refractivity contribution in [1.82, 2.24) is 4.98 Å². The van der Waals surface area contributed by atoms with Crippen molar-refractivity contribution in [2.45, 2.75) is 12.6 Å². The van der Waals surface area contributed by atoms with E-state index in [1.807, 2.05) is 0 Å². The lowest BCUT2D eigenvalue weighted by molar-refractivity contribution is 0.267. The van der Waals surface area contributed by atoms with Crippen LogP contribution in [0.5, 0.6) is 0 Å². The highest BCUT2D eigenvalue weighted by Gasteiger charge is 2.03. The molecule has 1 unspecified atom stereocenters. The first kappa shape index (κ1) is 9.12. The van der Waals surface area contributed by atoms with Crippen LogP contribution in [0.25, 0.3) is 0 Å². The maximum atomic E-state index is 8.71. The number of aliphatic hydroxyl groups is 2. The Morgan fingerprint density at radius 1 is 1.42 bits per heavy atom. The molecule has 0 bridgehead atoms. The number of aliphatic hydroxyl groups excluding tert-OH is 2. The lowest BCUT2D eigenvalue weighted by atomic mass is 10.1. The third-order valence-electron chi connectivity index (χ3n) is 1.63. The van der Waals surface area contributed by atoms with Gasteiger partial charge in [-0.2, -0.15) is 0 Å². The lowest BCUT2D eigenvalue weighted by Crippen LogP contribution is -2.14. The van der Waals surface area contributed by atoms with Crippen molar-refractivity contribution >= 4 is 0 Å². The van der Waals surface area contributed by atoms with E-state index >= 15 is 0 Å². The van der Waals surface area contributed by atoms with Gasteiger partial charge in [-0.05, 0) is 11.6 Å². The third-order valence-corrected chi connectivity index (χ3v) is 1.63. The van der Waals surface area contributed by atoms with Gasteiger partial charge in [-0.3, -0.25) is 4.98 Å². The molecule has 1 aromatic heterocycles. The smallest absolute Gasteiger partial charge is 0.0852 e. The maximum absolute atomic E-state index is 8.71. The first-order chi connectivity index (χ1) is 5.77. The molecule has 12 heavy (non-hydrogen) atoms.